The fourth-order valence-electron chi connectivity index (χ4n) is 7.19. The molecule has 12 heteroatoms. The highest BCUT2D eigenvalue weighted by atomic mass is 19.4. The number of aromatic carboxylic acids is 1. The molecule has 5 heterocycles. The Kier molecular flexibility index (Phi) is 7.02. The fourth-order valence-corrected chi connectivity index (χ4v) is 7.19. The maximum absolute atomic E-state index is 13.7. The molecular weight excluding hydrogens is 525 g/mol. The van der Waals surface area contributed by atoms with E-state index < -0.39 is 17.7 Å². The van der Waals surface area contributed by atoms with E-state index in [1.165, 1.54) is 24.4 Å². The number of hydrogen-bond donors (Lipinski definition) is 1. The Morgan fingerprint density at radius 2 is 1.80 bits per heavy atom. The summed E-state index contributed by atoms with van der Waals surface area (Å²) in [5.41, 5.74) is 0.733. The van der Waals surface area contributed by atoms with Crippen LogP contribution < -0.4 is 4.90 Å². The molecule has 2 aromatic rings. The molecular formula is C28H35F3N6O3. The number of halogens is 3. The van der Waals surface area contributed by atoms with Crippen molar-refractivity contribution in [3.63, 3.8) is 0 Å². The minimum absolute atomic E-state index is 0.114. The van der Waals surface area contributed by atoms with Crippen LogP contribution >= 0.6 is 0 Å². The molecule has 40 heavy (non-hydrogen) atoms. The zero-order valence-electron chi connectivity index (χ0n) is 22.4. The fraction of sp³-hybridized carbons (Fsp3) is 0.607. The number of likely N-dealkylation sites (tertiary alicyclic amines) is 2. The minimum Gasteiger partial charge on any atom is -0.476 e. The first-order valence-corrected chi connectivity index (χ1v) is 14.2. The van der Waals surface area contributed by atoms with Gasteiger partial charge in [0.25, 0.3) is 0 Å². The highest BCUT2D eigenvalue weighted by Crippen LogP contribution is 2.42. The van der Waals surface area contributed by atoms with Crippen molar-refractivity contribution in [1.29, 1.82) is 0 Å². The van der Waals surface area contributed by atoms with Crippen molar-refractivity contribution in [2.75, 3.05) is 50.7 Å². The highest BCUT2D eigenvalue weighted by Gasteiger charge is 2.44. The van der Waals surface area contributed by atoms with E-state index in [0.29, 0.717) is 31.4 Å². The maximum atomic E-state index is 13.7. The Labute approximate surface area is 231 Å². The van der Waals surface area contributed by atoms with Gasteiger partial charge in [-0.25, -0.2) is 9.59 Å². The molecule has 0 saturated carbocycles. The molecule has 0 bridgehead atoms. The van der Waals surface area contributed by atoms with Crippen LogP contribution in [0.25, 0.3) is 0 Å². The summed E-state index contributed by atoms with van der Waals surface area (Å²) in [5, 5.41) is 13.0. The third-order valence-corrected chi connectivity index (χ3v) is 9.41. The van der Waals surface area contributed by atoms with Crippen molar-refractivity contribution in [3.8, 4) is 0 Å². The number of hydrogen-bond acceptors (Lipinski definition) is 6. The largest absolute Gasteiger partial charge is 0.476 e. The first-order chi connectivity index (χ1) is 19.1. The van der Waals surface area contributed by atoms with Gasteiger partial charge in [-0.2, -0.15) is 23.0 Å². The second-order valence-electron chi connectivity index (χ2n) is 11.6. The molecule has 0 unspecified atom stereocenters. The van der Waals surface area contributed by atoms with E-state index in [-0.39, 0.29) is 17.3 Å². The molecule has 1 spiro atoms. The summed E-state index contributed by atoms with van der Waals surface area (Å²) in [4.78, 5) is 32.8. The van der Waals surface area contributed by atoms with E-state index in [1.54, 1.807) is 11.0 Å². The monoisotopic (exact) mass is 560 g/mol. The molecule has 1 atom stereocenters. The molecule has 1 aromatic heterocycles. The summed E-state index contributed by atoms with van der Waals surface area (Å²) in [6.07, 6.45) is 2.70. The van der Waals surface area contributed by atoms with Crippen molar-refractivity contribution in [2.45, 2.75) is 62.8 Å². The molecule has 9 nitrogen and oxygen atoms in total. The molecule has 4 fully saturated rings. The van der Waals surface area contributed by atoms with Crippen LogP contribution in [0.2, 0.25) is 0 Å². The second-order valence-corrected chi connectivity index (χ2v) is 11.6. The Morgan fingerprint density at radius 1 is 1.00 bits per heavy atom. The quantitative estimate of drug-likeness (QED) is 0.606. The molecule has 1 aromatic carbocycles. The van der Waals surface area contributed by atoms with Gasteiger partial charge in [-0.15, -0.1) is 0 Å². The van der Waals surface area contributed by atoms with Crippen LogP contribution in [-0.4, -0.2) is 99.0 Å². The van der Waals surface area contributed by atoms with E-state index in [9.17, 15) is 22.8 Å². The van der Waals surface area contributed by atoms with Crippen molar-refractivity contribution in [1.82, 2.24) is 24.5 Å². The number of aromatic nitrogens is 2. The number of carbonyl (C=O) groups is 2. The summed E-state index contributed by atoms with van der Waals surface area (Å²) >= 11 is 0. The number of nitrogens with zero attached hydrogens (tertiary/aromatic N) is 6. The number of carbonyl (C=O) groups excluding carboxylic acids is 1. The van der Waals surface area contributed by atoms with Crippen LogP contribution in [-0.2, 0) is 12.7 Å². The minimum atomic E-state index is -4.39. The Morgan fingerprint density at radius 3 is 2.52 bits per heavy atom. The number of anilines is 1. The number of benzene rings is 1. The lowest BCUT2D eigenvalue weighted by atomic mass is 9.84. The summed E-state index contributed by atoms with van der Waals surface area (Å²) in [7, 11) is 0. The molecule has 4 aliphatic rings. The average Bonchev–Trinajstić information content (AvgIpc) is 3.69. The number of piperidine rings is 1. The van der Waals surface area contributed by atoms with Crippen molar-refractivity contribution >= 4 is 17.7 Å². The SMILES string of the molecule is O=C(O)c1ccn(C(=O)N2CCC3(CCCN3Cc3ccc(C(F)(F)F)cc3N3CCN4CCC[C@H]4C3)CC2)n1. The Balaban J connectivity index is 1.19. The lowest BCUT2D eigenvalue weighted by Gasteiger charge is -2.45. The van der Waals surface area contributed by atoms with Gasteiger partial charge in [-0.3, -0.25) is 9.80 Å². The first-order valence-electron chi connectivity index (χ1n) is 14.2. The number of carboxylic acids is 1. The normalized spacial score (nSPS) is 23.6. The highest BCUT2D eigenvalue weighted by molar-refractivity contribution is 5.86. The first kappa shape index (κ1) is 27.1. The molecule has 0 radical (unpaired) electrons. The molecule has 216 valence electrons. The number of carboxylic acid groups (broad SMARTS) is 1. The summed E-state index contributed by atoms with van der Waals surface area (Å²) in [5.74, 6) is -1.18. The molecule has 0 aliphatic carbocycles. The second kappa shape index (κ2) is 10.4. The predicted molar refractivity (Wildman–Crippen MR) is 141 cm³/mol. The molecule has 1 N–H and O–H groups in total. The van der Waals surface area contributed by atoms with Crippen LogP contribution in [0.4, 0.5) is 23.7 Å². The van der Waals surface area contributed by atoms with Gasteiger partial charge in [0, 0.05) is 62.7 Å². The van der Waals surface area contributed by atoms with Gasteiger partial charge in [0.05, 0.1) is 5.56 Å². The van der Waals surface area contributed by atoms with Crippen molar-refractivity contribution in [2.24, 2.45) is 0 Å². The molecule has 6 rings (SSSR count). The molecule has 4 aliphatic heterocycles. The molecule has 1 amide bonds. The molecule has 4 saturated heterocycles. The van der Waals surface area contributed by atoms with Gasteiger partial charge in [-0.1, -0.05) is 6.07 Å². The number of piperazine rings is 1. The number of amides is 1. The Hall–Kier alpha value is -3.12. The van der Waals surface area contributed by atoms with Crippen LogP contribution in [0.1, 0.15) is 60.1 Å². The number of alkyl halides is 3. The van der Waals surface area contributed by atoms with Crippen LogP contribution in [0.15, 0.2) is 30.5 Å². The summed E-state index contributed by atoms with van der Waals surface area (Å²) in [6.45, 7) is 5.91. The zero-order chi connectivity index (χ0) is 28.1. The van der Waals surface area contributed by atoms with Gasteiger partial charge in [0.1, 0.15) is 0 Å². The van der Waals surface area contributed by atoms with Gasteiger partial charge in [0.2, 0.25) is 0 Å². The topological polar surface area (TPSA) is 85.1 Å². The third-order valence-electron chi connectivity index (χ3n) is 9.41. The van der Waals surface area contributed by atoms with Gasteiger partial charge in [-0.05, 0) is 75.4 Å². The van der Waals surface area contributed by atoms with Gasteiger partial charge >= 0.3 is 18.2 Å². The van der Waals surface area contributed by atoms with Crippen LogP contribution in [0.5, 0.6) is 0 Å². The van der Waals surface area contributed by atoms with Crippen LogP contribution in [0, 0.1) is 0 Å². The van der Waals surface area contributed by atoms with Gasteiger partial charge in [0.15, 0.2) is 5.69 Å². The third kappa shape index (κ3) is 5.07. The van der Waals surface area contributed by atoms with Crippen LogP contribution in [0.3, 0.4) is 0 Å². The predicted octanol–water partition coefficient (Wildman–Crippen LogP) is 3.98. The van der Waals surface area contributed by atoms with Crippen molar-refractivity contribution in [3.05, 3.63) is 47.3 Å². The lowest BCUT2D eigenvalue weighted by molar-refractivity contribution is -0.137. The Bertz CT molecular complexity index is 1270. The van der Waals surface area contributed by atoms with Gasteiger partial charge < -0.3 is 14.9 Å². The van der Waals surface area contributed by atoms with E-state index in [4.69, 9.17) is 5.11 Å². The standard InChI is InChI=1S/C28H35F3N6O3/c29-28(30,31)21-5-4-20(24(17-21)35-16-15-33-10-1-3-22(33)19-35)18-36-11-2-7-27(36)8-13-34(14-9-27)26(40)37-12-6-23(32-37)25(38)39/h4-6,12,17,22H,1-3,7-11,13-16,18-19H2,(H,38,39)/t22-/m0/s1. The van der Waals surface area contributed by atoms with E-state index >= 15 is 0 Å². The maximum Gasteiger partial charge on any atom is 0.416 e. The van der Waals surface area contributed by atoms with E-state index in [1.807, 2.05) is 0 Å². The van der Waals surface area contributed by atoms with Crippen molar-refractivity contribution < 1.29 is 27.9 Å². The summed E-state index contributed by atoms with van der Waals surface area (Å²) in [6, 6.07) is 5.59. The number of rotatable bonds is 4. The van der Waals surface area contributed by atoms with E-state index in [2.05, 4.69) is 19.8 Å². The average molecular weight is 561 g/mol. The number of fused-ring (bicyclic) bond motifs is 1. The smallest absolute Gasteiger partial charge is 0.416 e. The summed E-state index contributed by atoms with van der Waals surface area (Å²) < 4.78 is 42.3. The van der Waals surface area contributed by atoms with E-state index in [0.717, 1.165) is 81.5 Å². The lowest BCUT2D eigenvalue weighted by Crippen LogP contribution is -2.54. The zero-order valence-corrected chi connectivity index (χ0v) is 22.4.